The lowest BCUT2D eigenvalue weighted by atomic mass is 10.3. The van der Waals surface area contributed by atoms with Crippen LogP contribution >= 0.6 is 24.0 Å². The number of hydrogen-bond donors (Lipinski definition) is 1. The van der Waals surface area contributed by atoms with Gasteiger partial charge in [-0.25, -0.2) is 0 Å². The van der Waals surface area contributed by atoms with E-state index >= 15 is 0 Å². The fraction of sp³-hybridized carbons (Fsp3) is 0.571. The van der Waals surface area contributed by atoms with Gasteiger partial charge in [-0.2, -0.15) is 0 Å². The highest BCUT2D eigenvalue weighted by Crippen LogP contribution is 2.37. The minimum atomic E-state index is 0. The van der Waals surface area contributed by atoms with Crippen LogP contribution in [0.25, 0.3) is 0 Å². The van der Waals surface area contributed by atoms with E-state index in [-0.39, 0.29) is 12.4 Å². The van der Waals surface area contributed by atoms with Crippen molar-refractivity contribution >= 4 is 29.7 Å². The monoisotopic (exact) mass is 322 g/mol. The maximum atomic E-state index is 6.15. The zero-order valence-electron chi connectivity index (χ0n) is 12.3. The highest BCUT2D eigenvalue weighted by Gasteiger charge is 2.12. The van der Waals surface area contributed by atoms with Gasteiger partial charge in [-0.3, -0.25) is 0 Å². The maximum Gasteiger partial charge on any atom is 0.179 e. The molecule has 0 aromatic heterocycles. The minimum absolute atomic E-state index is 0. The van der Waals surface area contributed by atoms with Crippen molar-refractivity contribution in [3.63, 3.8) is 0 Å². The van der Waals surface area contributed by atoms with Gasteiger partial charge in [0.05, 0.1) is 11.6 Å². The number of ether oxygens (including phenoxy) is 2. The van der Waals surface area contributed by atoms with Gasteiger partial charge in [0.2, 0.25) is 0 Å². The highest BCUT2D eigenvalue weighted by atomic mass is 35.5. The third kappa shape index (κ3) is 5.65. The molecule has 0 amide bonds. The first kappa shape index (κ1) is 19.2. The molecule has 116 valence electrons. The van der Waals surface area contributed by atoms with E-state index in [0.717, 1.165) is 19.6 Å². The second-order valence-electron chi connectivity index (χ2n) is 4.14. The lowest BCUT2D eigenvalue weighted by Gasteiger charge is -2.19. The van der Waals surface area contributed by atoms with Crippen molar-refractivity contribution in [2.45, 2.75) is 20.8 Å². The van der Waals surface area contributed by atoms with Crippen molar-refractivity contribution < 1.29 is 9.47 Å². The van der Waals surface area contributed by atoms with Gasteiger partial charge in [0.25, 0.3) is 0 Å². The summed E-state index contributed by atoms with van der Waals surface area (Å²) in [5.41, 5.74) is 6.32. The summed E-state index contributed by atoms with van der Waals surface area (Å²) in [6.45, 7) is 10.2. The second kappa shape index (κ2) is 9.97. The van der Waals surface area contributed by atoms with Crippen molar-refractivity contribution in [1.29, 1.82) is 0 Å². The first-order chi connectivity index (χ1) is 9.12. The van der Waals surface area contributed by atoms with Crippen molar-refractivity contribution in [2.24, 2.45) is 0 Å². The van der Waals surface area contributed by atoms with Crippen LogP contribution in [0.3, 0.4) is 0 Å². The molecule has 0 heterocycles. The Kier molecular flexibility index (Phi) is 9.55. The molecule has 1 aromatic rings. The van der Waals surface area contributed by atoms with Crippen molar-refractivity contribution in [2.75, 3.05) is 38.6 Å². The first-order valence-corrected chi connectivity index (χ1v) is 7.07. The molecule has 0 aliphatic rings. The van der Waals surface area contributed by atoms with Gasteiger partial charge < -0.3 is 20.1 Å². The lowest BCUT2D eigenvalue weighted by Crippen LogP contribution is -2.28. The molecule has 20 heavy (non-hydrogen) atoms. The molecule has 6 heteroatoms. The average Bonchev–Trinajstić information content (AvgIpc) is 2.37. The summed E-state index contributed by atoms with van der Waals surface area (Å²) < 4.78 is 11.3. The van der Waals surface area contributed by atoms with Crippen LogP contribution in [0.4, 0.5) is 5.69 Å². The van der Waals surface area contributed by atoms with Gasteiger partial charge in [-0.15, -0.1) is 12.4 Å². The van der Waals surface area contributed by atoms with Gasteiger partial charge >= 0.3 is 0 Å². The Morgan fingerprint density at radius 3 is 2.35 bits per heavy atom. The molecule has 0 fully saturated rings. The number of benzene rings is 1. The van der Waals surface area contributed by atoms with Crippen molar-refractivity contribution in [3.8, 4) is 11.5 Å². The van der Waals surface area contributed by atoms with Crippen LogP contribution in [0, 0.1) is 0 Å². The number of likely N-dealkylation sites (N-methyl/N-ethyl adjacent to an activating group) is 1. The van der Waals surface area contributed by atoms with E-state index in [4.69, 9.17) is 26.8 Å². The summed E-state index contributed by atoms with van der Waals surface area (Å²) in [7, 11) is 0. The van der Waals surface area contributed by atoms with E-state index in [1.807, 2.05) is 6.92 Å². The molecule has 0 aliphatic carbocycles. The van der Waals surface area contributed by atoms with Gasteiger partial charge in [-0.1, -0.05) is 25.4 Å². The van der Waals surface area contributed by atoms with Gasteiger partial charge in [0.15, 0.2) is 11.5 Å². The largest absolute Gasteiger partial charge is 0.490 e. The predicted molar refractivity (Wildman–Crippen MR) is 87.6 cm³/mol. The number of hydrogen-bond acceptors (Lipinski definition) is 4. The third-order valence-corrected chi connectivity index (χ3v) is 3.16. The molecule has 0 unspecified atom stereocenters. The molecular formula is C14H24Cl2N2O2. The number of rotatable bonds is 8. The standard InChI is InChI=1S/C14H23ClN2O2.ClH/c1-4-17(5-2)7-8-19-14-12(15)9-11(16)10-13(14)18-6-3;/h9-10H,4-8,16H2,1-3H3;1H. The summed E-state index contributed by atoms with van der Waals surface area (Å²) in [6, 6.07) is 3.42. The number of halogens is 2. The zero-order valence-corrected chi connectivity index (χ0v) is 13.9. The van der Waals surface area contributed by atoms with Crippen LogP contribution in [0.1, 0.15) is 20.8 Å². The van der Waals surface area contributed by atoms with E-state index in [1.165, 1.54) is 0 Å². The topological polar surface area (TPSA) is 47.7 Å². The smallest absolute Gasteiger partial charge is 0.179 e. The van der Waals surface area contributed by atoms with E-state index in [9.17, 15) is 0 Å². The van der Waals surface area contributed by atoms with E-state index < -0.39 is 0 Å². The summed E-state index contributed by atoms with van der Waals surface area (Å²) in [6.07, 6.45) is 0. The Labute approximate surface area is 132 Å². The molecule has 0 bridgehead atoms. The SMILES string of the molecule is CCOc1cc(N)cc(Cl)c1OCCN(CC)CC.Cl. The molecule has 0 radical (unpaired) electrons. The fourth-order valence-electron chi connectivity index (χ4n) is 1.81. The lowest BCUT2D eigenvalue weighted by molar-refractivity contribution is 0.214. The molecule has 1 rings (SSSR count). The Morgan fingerprint density at radius 2 is 1.80 bits per heavy atom. The van der Waals surface area contributed by atoms with Crippen molar-refractivity contribution in [1.82, 2.24) is 4.90 Å². The summed E-state index contributed by atoms with van der Waals surface area (Å²) in [5.74, 6) is 1.18. The number of nitrogens with two attached hydrogens (primary N) is 1. The molecule has 0 atom stereocenters. The molecule has 0 aliphatic heterocycles. The second-order valence-corrected chi connectivity index (χ2v) is 4.55. The van der Waals surface area contributed by atoms with E-state index in [2.05, 4.69) is 18.7 Å². The van der Waals surface area contributed by atoms with Gasteiger partial charge in [0, 0.05) is 18.3 Å². The number of nitrogen functional groups attached to an aromatic ring is 1. The van der Waals surface area contributed by atoms with Gasteiger partial charge in [-0.05, 0) is 26.1 Å². The number of nitrogens with zero attached hydrogens (tertiary/aromatic N) is 1. The normalized spacial score (nSPS) is 10.2. The van der Waals surface area contributed by atoms with Crippen LogP contribution < -0.4 is 15.2 Å². The fourth-order valence-corrected chi connectivity index (χ4v) is 2.08. The van der Waals surface area contributed by atoms with Crippen LogP contribution in [0.15, 0.2) is 12.1 Å². The van der Waals surface area contributed by atoms with Crippen molar-refractivity contribution in [3.05, 3.63) is 17.2 Å². The quantitative estimate of drug-likeness (QED) is 0.744. The first-order valence-electron chi connectivity index (χ1n) is 6.69. The molecule has 4 nitrogen and oxygen atoms in total. The maximum absolute atomic E-state index is 6.15. The average molecular weight is 323 g/mol. The van der Waals surface area contributed by atoms with E-state index in [1.54, 1.807) is 12.1 Å². The number of anilines is 1. The zero-order chi connectivity index (χ0) is 14.3. The van der Waals surface area contributed by atoms with Crippen LogP contribution in [-0.4, -0.2) is 37.7 Å². The predicted octanol–water partition coefficient (Wildman–Crippen LogP) is 3.46. The van der Waals surface area contributed by atoms with Gasteiger partial charge in [0.1, 0.15) is 6.61 Å². The Morgan fingerprint density at radius 1 is 1.15 bits per heavy atom. The summed E-state index contributed by atoms with van der Waals surface area (Å²) >= 11 is 6.15. The molecule has 0 spiro atoms. The van der Waals surface area contributed by atoms with Crippen LogP contribution in [-0.2, 0) is 0 Å². The third-order valence-electron chi connectivity index (χ3n) is 2.88. The molecule has 2 N–H and O–H groups in total. The minimum Gasteiger partial charge on any atom is -0.490 e. The Bertz CT molecular complexity index is 399. The van der Waals surface area contributed by atoms with Crippen LogP contribution in [0.5, 0.6) is 11.5 Å². The Balaban J connectivity index is 0.00000361. The summed E-state index contributed by atoms with van der Waals surface area (Å²) in [4.78, 5) is 2.28. The van der Waals surface area contributed by atoms with Crippen LogP contribution in [0.2, 0.25) is 5.02 Å². The molecule has 1 aromatic carbocycles. The molecular weight excluding hydrogens is 299 g/mol. The van der Waals surface area contributed by atoms with E-state index in [0.29, 0.717) is 35.4 Å². The molecule has 0 saturated heterocycles. The summed E-state index contributed by atoms with van der Waals surface area (Å²) in [5, 5.41) is 0.489. The molecule has 0 saturated carbocycles. The highest BCUT2D eigenvalue weighted by molar-refractivity contribution is 6.32. The Hall–Kier alpha value is -0.840.